The van der Waals surface area contributed by atoms with Gasteiger partial charge in [0.1, 0.15) is 0 Å². The van der Waals surface area contributed by atoms with Crippen molar-refractivity contribution in [1.29, 1.82) is 0 Å². The number of benzene rings is 2. The predicted molar refractivity (Wildman–Crippen MR) is 94.8 cm³/mol. The summed E-state index contributed by atoms with van der Waals surface area (Å²) in [7, 11) is -3.20. The van der Waals surface area contributed by atoms with Crippen LogP contribution in [0.25, 0.3) is 12.2 Å². The third-order valence-corrected chi connectivity index (χ3v) is 3.50. The Morgan fingerprint density at radius 2 is 1.08 bits per heavy atom. The van der Waals surface area contributed by atoms with E-state index in [0.717, 1.165) is 18.2 Å². The number of phosphoric acid groups is 1. The van der Waals surface area contributed by atoms with Gasteiger partial charge in [-0.1, -0.05) is 36.4 Å². The molecule has 4 N–H and O–H groups in total. The molecule has 0 atom stereocenters. The molecule has 0 amide bonds. The van der Waals surface area contributed by atoms with E-state index in [4.69, 9.17) is 20.0 Å². The largest absolute Gasteiger partial charge is 0.478 e. The molecule has 0 aliphatic rings. The SMILES string of the molecule is COP(=O)(O)O.O=C(O)c1ccc(C=Cc2ccc(C(=O)O)cc2)cc1. The highest BCUT2D eigenvalue weighted by Crippen LogP contribution is 2.33. The predicted octanol–water partition coefficient (Wildman–Crippen LogP) is 2.98. The van der Waals surface area contributed by atoms with Crippen molar-refractivity contribution in [1.82, 2.24) is 0 Å². The van der Waals surface area contributed by atoms with Crippen molar-refractivity contribution in [3.05, 3.63) is 70.8 Å². The number of carboxylic acid groups (broad SMARTS) is 2. The standard InChI is InChI=1S/C16H12O4.CH5O4P/c17-15(18)13-7-3-11(4-8-13)1-2-12-5-9-14(10-6-12)16(19)20;1-5-6(2,3)4/h1-10H,(H,17,18)(H,19,20);1H3,(H2,2,3,4). The molecule has 0 saturated carbocycles. The van der Waals surface area contributed by atoms with Gasteiger partial charge in [0.2, 0.25) is 0 Å². The zero-order valence-corrected chi connectivity index (χ0v) is 14.5. The second-order valence-electron chi connectivity index (χ2n) is 4.86. The normalized spacial score (nSPS) is 10.9. The maximum Gasteiger partial charge on any atom is 0.469 e. The van der Waals surface area contributed by atoms with E-state index < -0.39 is 19.8 Å². The van der Waals surface area contributed by atoms with Crippen molar-refractivity contribution >= 4 is 31.9 Å². The lowest BCUT2D eigenvalue weighted by atomic mass is 10.1. The van der Waals surface area contributed by atoms with E-state index in [1.165, 1.54) is 24.3 Å². The van der Waals surface area contributed by atoms with E-state index in [1.807, 2.05) is 12.2 Å². The number of hydrogen-bond donors (Lipinski definition) is 4. The molecule has 0 heterocycles. The second kappa shape index (κ2) is 9.65. The Morgan fingerprint density at radius 3 is 1.27 bits per heavy atom. The highest BCUT2D eigenvalue weighted by Gasteiger charge is 2.07. The molecule has 2 aromatic carbocycles. The van der Waals surface area contributed by atoms with Crippen LogP contribution in [0.3, 0.4) is 0 Å². The smallest absolute Gasteiger partial charge is 0.469 e. The lowest BCUT2D eigenvalue weighted by molar-refractivity contribution is 0.0686. The number of phosphoric ester groups is 1. The molecule has 0 unspecified atom stereocenters. The van der Waals surface area contributed by atoms with Crippen LogP contribution >= 0.6 is 7.82 Å². The summed E-state index contributed by atoms with van der Waals surface area (Å²) in [6, 6.07) is 13.0. The van der Waals surface area contributed by atoms with Gasteiger partial charge in [0.15, 0.2) is 0 Å². The summed E-state index contributed by atoms with van der Waals surface area (Å²) >= 11 is 0. The van der Waals surface area contributed by atoms with Crippen LogP contribution in [0, 0.1) is 0 Å². The number of carbonyl (C=O) groups is 2. The summed E-state index contributed by atoms with van der Waals surface area (Å²) in [6.45, 7) is 0. The van der Waals surface area contributed by atoms with E-state index in [9.17, 15) is 14.2 Å². The summed E-state index contributed by atoms with van der Waals surface area (Å²) in [5.41, 5.74) is 2.23. The third kappa shape index (κ3) is 7.87. The van der Waals surface area contributed by atoms with Crippen LogP contribution in [0.2, 0.25) is 0 Å². The molecule has 9 heteroatoms. The van der Waals surface area contributed by atoms with Gasteiger partial charge in [-0.3, -0.25) is 4.52 Å². The molecule has 2 rings (SSSR count). The summed E-state index contributed by atoms with van der Waals surface area (Å²) in [4.78, 5) is 36.9. The van der Waals surface area contributed by atoms with Gasteiger partial charge in [-0.25, -0.2) is 14.2 Å². The first kappa shape index (κ1) is 21.3. The molecule has 138 valence electrons. The molecular weight excluding hydrogens is 363 g/mol. The van der Waals surface area contributed by atoms with Gasteiger partial charge < -0.3 is 20.0 Å². The Labute approximate surface area is 149 Å². The Bertz CT molecular complexity index is 759. The fourth-order valence-electron chi connectivity index (χ4n) is 1.67. The molecule has 26 heavy (non-hydrogen) atoms. The molecule has 0 spiro atoms. The molecule has 0 aliphatic carbocycles. The van der Waals surface area contributed by atoms with Crippen LogP contribution in [0.15, 0.2) is 48.5 Å². The van der Waals surface area contributed by atoms with Crippen molar-refractivity contribution in [3.8, 4) is 0 Å². The van der Waals surface area contributed by atoms with Crippen LogP contribution in [-0.4, -0.2) is 39.0 Å². The average Bonchev–Trinajstić information content (AvgIpc) is 2.60. The lowest BCUT2D eigenvalue weighted by Crippen LogP contribution is -1.95. The minimum Gasteiger partial charge on any atom is -0.478 e. The molecule has 8 nitrogen and oxygen atoms in total. The number of carboxylic acids is 2. The molecule has 0 aromatic heterocycles. The van der Waals surface area contributed by atoms with E-state index in [2.05, 4.69) is 4.52 Å². The van der Waals surface area contributed by atoms with Crippen molar-refractivity contribution in [2.45, 2.75) is 0 Å². The van der Waals surface area contributed by atoms with Gasteiger partial charge in [-0.2, -0.15) is 0 Å². The van der Waals surface area contributed by atoms with E-state index in [1.54, 1.807) is 24.3 Å². The molecule has 0 fully saturated rings. The minimum absolute atomic E-state index is 0.243. The van der Waals surface area contributed by atoms with Crippen LogP contribution in [0.4, 0.5) is 0 Å². The first-order valence-corrected chi connectivity index (χ1v) is 8.61. The Morgan fingerprint density at radius 1 is 0.808 bits per heavy atom. The molecule has 0 radical (unpaired) electrons. The molecule has 2 aromatic rings. The topological polar surface area (TPSA) is 141 Å². The zero-order chi connectivity index (χ0) is 19.7. The van der Waals surface area contributed by atoms with E-state index >= 15 is 0 Å². The monoisotopic (exact) mass is 380 g/mol. The fraction of sp³-hybridized carbons (Fsp3) is 0.0588. The average molecular weight is 380 g/mol. The van der Waals surface area contributed by atoms with E-state index in [-0.39, 0.29) is 11.1 Å². The third-order valence-electron chi connectivity index (χ3n) is 3.02. The maximum atomic E-state index is 10.7. The van der Waals surface area contributed by atoms with Crippen molar-refractivity contribution in [2.75, 3.05) is 7.11 Å². The first-order valence-electron chi connectivity index (χ1n) is 7.08. The van der Waals surface area contributed by atoms with Gasteiger partial charge in [0, 0.05) is 7.11 Å². The summed E-state index contributed by atoms with van der Waals surface area (Å²) < 4.78 is 13.1. The van der Waals surface area contributed by atoms with Crippen LogP contribution in [0.5, 0.6) is 0 Å². The summed E-state index contributed by atoms with van der Waals surface area (Å²) in [5, 5.41) is 17.6. The van der Waals surface area contributed by atoms with Crippen molar-refractivity contribution in [3.63, 3.8) is 0 Å². The highest BCUT2D eigenvalue weighted by atomic mass is 31.2. The molecule has 0 bridgehead atoms. The van der Waals surface area contributed by atoms with Gasteiger partial charge in [0.05, 0.1) is 11.1 Å². The number of aromatic carboxylic acids is 2. The summed E-state index contributed by atoms with van der Waals surface area (Å²) in [6.07, 6.45) is 3.67. The molecular formula is C17H17O8P. The van der Waals surface area contributed by atoms with Crippen LogP contribution in [-0.2, 0) is 9.09 Å². The summed E-state index contributed by atoms with van der Waals surface area (Å²) in [5.74, 6) is -1.91. The van der Waals surface area contributed by atoms with Crippen molar-refractivity contribution < 1.29 is 38.7 Å². The van der Waals surface area contributed by atoms with E-state index in [0.29, 0.717) is 0 Å². The zero-order valence-electron chi connectivity index (χ0n) is 13.6. The van der Waals surface area contributed by atoms with Gasteiger partial charge in [0.25, 0.3) is 0 Å². The Kier molecular flexibility index (Phi) is 7.89. The number of hydrogen-bond acceptors (Lipinski definition) is 4. The maximum absolute atomic E-state index is 10.7. The van der Waals surface area contributed by atoms with Gasteiger partial charge >= 0.3 is 19.8 Å². The van der Waals surface area contributed by atoms with Gasteiger partial charge in [-0.15, -0.1) is 0 Å². The van der Waals surface area contributed by atoms with Crippen LogP contribution < -0.4 is 0 Å². The minimum atomic E-state index is -4.15. The highest BCUT2D eigenvalue weighted by molar-refractivity contribution is 7.46. The Balaban J connectivity index is 0.000000487. The fourth-order valence-corrected chi connectivity index (χ4v) is 1.67. The lowest BCUT2D eigenvalue weighted by Gasteiger charge is -1.97. The molecule has 0 saturated heterocycles. The second-order valence-corrected chi connectivity index (χ2v) is 6.21. The Hall–Kier alpha value is -2.77. The number of rotatable bonds is 5. The quantitative estimate of drug-likeness (QED) is 0.458. The van der Waals surface area contributed by atoms with Crippen LogP contribution in [0.1, 0.15) is 31.8 Å². The van der Waals surface area contributed by atoms with Crippen molar-refractivity contribution in [2.24, 2.45) is 0 Å². The molecule has 0 aliphatic heterocycles. The first-order chi connectivity index (χ1) is 12.1. The van der Waals surface area contributed by atoms with Gasteiger partial charge in [-0.05, 0) is 35.4 Å².